The maximum atomic E-state index is 12.0. The maximum absolute atomic E-state index is 12.0. The van der Waals surface area contributed by atoms with E-state index in [9.17, 15) is 4.79 Å². The minimum atomic E-state index is 0.0539. The third-order valence-corrected chi connectivity index (χ3v) is 5.69. The first-order chi connectivity index (χ1) is 12.7. The zero-order valence-corrected chi connectivity index (χ0v) is 16.2. The van der Waals surface area contributed by atoms with Crippen molar-refractivity contribution in [2.45, 2.75) is 37.8 Å². The van der Waals surface area contributed by atoms with Crippen LogP contribution in [0.4, 0.5) is 0 Å². The summed E-state index contributed by atoms with van der Waals surface area (Å²) in [6, 6.07) is 12.5. The van der Waals surface area contributed by atoms with Crippen LogP contribution in [0.25, 0.3) is 0 Å². The first-order valence-corrected chi connectivity index (χ1v) is 10.3. The Labute approximate surface area is 160 Å². The van der Waals surface area contributed by atoms with Crippen LogP contribution >= 0.6 is 11.8 Å². The Balaban J connectivity index is 1.40. The lowest BCUT2D eigenvalue weighted by atomic mass is 9.99. The molecule has 1 amide bonds. The van der Waals surface area contributed by atoms with E-state index < -0.39 is 0 Å². The standard InChI is InChI=1S/C21H27N3OS/c1-17-3-2-12-24(14-17)15-19-6-4-18(5-7-19)13-23-21(25)16-26-20-8-10-22-11-9-20/h4-11,17H,2-3,12-16H2,1H3,(H,23,25). The van der Waals surface area contributed by atoms with Gasteiger partial charge in [-0.05, 0) is 48.6 Å². The van der Waals surface area contributed by atoms with E-state index in [2.05, 4.69) is 46.4 Å². The fourth-order valence-corrected chi connectivity index (χ4v) is 4.00. The summed E-state index contributed by atoms with van der Waals surface area (Å²) in [6.07, 6.45) is 6.15. The number of rotatable bonds is 7. The van der Waals surface area contributed by atoms with Gasteiger partial charge in [-0.1, -0.05) is 31.2 Å². The average molecular weight is 370 g/mol. The van der Waals surface area contributed by atoms with Gasteiger partial charge in [0.1, 0.15) is 0 Å². The number of amides is 1. The topological polar surface area (TPSA) is 45.2 Å². The van der Waals surface area contributed by atoms with Gasteiger partial charge in [0.15, 0.2) is 0 Å². The van der Waals surface area contributed by atoms with Crippen molar-refractivity contribution in [3.05, 3.63) is 59.9 Å². The molecule has 1 aromatic carbocycles. The van der Waals surface area contributed by atoms with E-state index in [-0.39, 0.29) is 5.91 Å². The van der Waals surface area contributed by atoms with E-state index in [4.69, 9.17) is 0 Å². The molecule has 1 fully saturated rings. The van der Waals surface area contributed by atoms with Crippen LogP contribution in [0.5, 0.6) is 0 Å². The molecule has 138 valence electrons. The monoisotopic (exact) mass is 369 g/mol. The number of piperidine rings is 1. The van der Waals surface area contributed by atoms with Gasteiger partial charge in [0.2, 0.25) is 5.91 Å². The largest absolute Gasteiger partial charge is 0.351 e. The fourth-order valence-electron chi connectivity index (χ4n) is 3.29. The van der Waals surface area contributed by atoms with E-state index in [1.807, 2.05) is 12.1 Å². The van der Waals surface area contributed by atoms with Crippen molar-refractivity contribution in [3.8, 4) is 0 Å². The van der Waals surface area contributed by atoms with Crippen molar-refractivity contribution in [2.24, 2.45) is 5.92 Å². The summed E-state index contributed by atoms with van der Waals surface area (Å²) in [5.74, 6) is 1.29. The quantitative estimate of drug-likeness (QED) is 0.756. The smallest absolute Gasteiger partial charge is 0.230 e. The summed E-state index contributed by atoms with van der Waals surface area (Å²) >= 11 is 1.53. The molecule has 1 aromatic heterocycles. The third kappa shape index (κ3) is 6.15. The van der Waals surface area contributed by atoms with Gasteiger partial charge in [-0.25, -0.2) is 0 Å². The lowest BCUT2D eigenvalue weighted by molar-refractivity contribution is -0.118. The molecule has 0 spiro atoms. The average Bonchev–Trinajstić information content (AvgIpc) is 2.67. The number of hydrogen-bond donors (Lipinski definition) is 1. The molecule has 0 bridgehead atoms. The molecule has 2 aromatic rings. The number of carbonyl (C=O) groups is 1. The van der Waals surface area contributed by atoms with E-state index >= 15 is 0 Å². The molecule has 26 heavy (non-hydrogen) atoms. The molecule has 1 unspecified atom stereocenters. The number of nitrogens with zero attached hydrogens (tertiary/aromatic N) is 2. The van der Waals surface area contributed by atoms with Gasteiger partial charge < -0.3 is 5.32 Å². The van der Waals surface area contributed by atoms with Crippen LogP contribution in [0.15, 0.2) is 53.7 Å². The molecular formula is C21H27N3OS. The van der Waals surface area contributed by atoms with Gasteiger partial charge >= 0.3 is 0 Å². The van der Waals surface area contributed by atoms with E-state index in [0.717, 1.165) is 22.9 Å². The van der Waals surface area contributed by atoms with Gasteiger partial charge in [0.25, 0.3) is 0 Å². The molecular weight excluding hydrogens is 342 g/mol. The summed E-state index contributed by atoms with van der Waals surface area (Å²) < 4.78 is 0. The van der Waals surface area contributed by atoms with Gasteiger partial charge in [-0.2, -0.15) is 0 Å². The highest BCUT2D eigenvalue weighted by Gasteiger charge is 2.16. The fraction of sp³-hybridized carbons (Fsp3) is 0.429. The first kappa shape index (κ1) is 18.9. The predicted molar refractivity (Wildman–Crippen MR) is 107 cm³/mol. The Bertz CT molecular complexity index is 690. The Kier molecular flexibility index (Phi) is 7.09. The Morgan fingerprint density at radius 2 is 1.92 bits per heavy atom. The van der Waals surface area contributed by atoms with Gasteiger partial charge in [0, 0.05) is 36.9 Å². The number of carbonyl (C=O) groups excluding carboxylic acids is 1. The highest BCUT2D eigenvalue weighted by Crippen LogP contribution is 2.18. The van der Waals surface area contributed by atoms with Gasteiger partial charge in [-0.3, -0.25) is 14.7 Å². The van der Waals surface area contributed by atoms with Gasteiger partial charge in [0.05, 0.1) is 5.75 Å². The van der Waals surface area contributed by atoms with Crippen LogP contribution < -0.4 is 5.32 Å². The van der Waals surface area contributed by atoms with Crippen molar-refractivity contribution in [1.82, 2.24) is 15.2 Å². The molecule has 1 N–H and O–H groups in total. The highest BCUT2D eigenvalue weighted by atomic mass is 32.2. The normalized spacial score (nSPS) is 17.8. The summed E-state index contributed by atoms with van der Waals surface area (Å²) in [5.41, 5.74) is 2.49. The number of aromatic nitrogens is 1. The summed E-state index contributed by atoms with van der Waals surface area (Å²) in [5, 5.41) is 2.99. The second-order valence-corrected chi connectivity index (χ2v) is 8.10. The minimum Gasteiger partial charge on any atom is -0.351 e. The van der Waals surface area contributed by atoms with Crippen LogP contribution in [0, 0.1) is 5.92 Å². The predicted octanol–water partition coefficient (Wildman–Crippen LogP) is 3.72. The third-order valence-electron chi connectivity index (χ3n) is 4.68. The minimum absolute atomic E-state index is 0.0539. The van der Waals surface area contributed by atoms with E-state index in [1.54, 1.807) is 12.4 Å². The van der Waals surface area contributed by atoms with Crippen LogP contribution in [0.3, 0.4) is 0 Å². The molecule has 0 aliphatic carbocycles. The SMILES string of the molecule is CC1CCCN(Cc2ccc(CNC(=O)CSc3ccncc3)cc2)C1. The van der Waals surface area contributed by atoms with Crippen LogP contribution in [0.1, 0.15) is 30.9 Å². The number of nitrogens with one attached hydrogen (secondary N) is 1. The number of pyridine rings is 1. The van der Waals surface area contributed by atoms with E-state index in [0.29, 0.717) is 12.3 Å². The number of benzene rings is 1. The molecule has 1 atom stereocenters. The van der Waals surface area contributed by atoms with Crippen molar-refractivity contribution in [2.75, 3.05) is 18.8 Å². The van der Waals surface area contributed by atoms with Crippen LogP contribution in [-0.2, 0) is 17.9 Å². The first-order valence-electron chi connectivity index (χ1n) is 9.29. The summed E-state index contributed by atoms with van der Waals surface area (Å²) in [4.78, 5) is 19.6. The summed E-state index contributed by atoms with van der Waals surface area (Å²) in [6.45, 7) is 6.35. The molecule has 5 heteroatoms. The lowest BCUT2D eigenvalue weighted by Gasteiger charge is -2.30. The number of likely N-dealkylation sites (tertiary alicyclic amines) is 1. The zero-order valence-electron chi connectivity index (χ0n) is 15.4. The Morgan fingerprint density at radius 3 is 2.65 bits per heavy atom. The molecule has 4 nitrogen and oxygen atoms in total. The maximum Gasteiger partial charge on any atom is 0.230 e. The van der Waals surface area contributed by atoms with Gasteiger partial charge in [-0.15, -0.1) is 11.8 Å². The van der Waals surface area contributed by atoms with Crippen molar-refractivity contribution < 1.29 is 4.79 Å². The van der Waals surface area contributed by atoms with Crippen LogP contribution in [0.2, 0.25) is 0 Å². The molecule has 1 saturated heterocycles. The Morgan fingerprint density at radius 1 is 1.19 bits per heavy atom. The second kappa shape index (κ2) is 9.74. The molecule has 0 radical (unpaired) electrons. The van der Waals surface area contributed by atoms with Crippen LogP contribution in [-0.4, -0.2) is 34.6 Å². The molecule has 1 aliphatic heterocycles. The van der Waals surface area contributed by atoms with Crippen molar-refractivity contribution in [1.29, 1.82) is 0 Å². The van der Waals surface area contributed by atoms with E-state index in [1.165, 1.54) is 43.3 Å². The lowest BCUT2D eigenvalue weighted by Crippen LogP contribution is -2.33. The molecule has 1 aliphatic rings. The van der Waals surface area contributed by atoms with Crippen molar-refractivity contribution in [3.63, 3.8) is 0 Å². The molecule has 0 saturated carbocycles. The molecule has 3 rings (SSSR count). The number of thioether (sulfide) groups is 1. The van der Waals surface area contributed by atoms with Crippen molar-refractivity contribution >= 4 is 17.7 Å². The Hall–Kier alpha value is -1.85. The molecule has 2 heterocycles. The second-order valence-electron chi connectivity index (χ2n) is 7.05. The number of hydrogen-bond acceptors (Lipinski definition) is 4. The summed E-state index contributed by atoms with van der Waals surface area (Å²) in [7, 11) is 0. The highest BCUT2D eigenvalue weighted by molar-refractivity contribution is 8.00. The zero-order chi connectivity index (χ0) is 18.2.